The molecule has 142 valence electrons. The fourth-order valence-corrected chi connectivity index (χ4v) is 3.43. The largest absolute Gasteiger partial charge is 0.301 e. The van der Waals surface area contributed by atoms with Crippen molar-refractivity contribution in [2.24, 2.45) is 0 Å². The predicted octanol–water partition coefficient (Wildman–Crippen LogP) is 3.17. The van der Waals surface area contributed by atoms with Crippen molar-refractivity contribution >= 4 is 23.7 Å². The lowest BCUT2D eigenvalue weighted by Gasteiger charge is -2.05. The van der Waals surface area contributed by atoms with Gasteiger partial charge in [0.25, 0.3) is 11.5 Å². The van der Waals surface area contributed by atoms with E-state index in [1.54, 1.807) is 11.6 Å². The average molecular weight is 393 g/mol. The number of carbonyl (C=O) groups is 1. The van der Waals surface area contributed by atoms with Crippen LogP contribution in [0.25, 0.3) is 6.08 Å². The minimum absolute atomic E-state index is 0.171. The van der Waals surface area contributed by atoms with Crippen molar-refractivity contribution in [2.45, 2.75) is 17.3 Å². The number of amides is 1. The van der Waals surface area contributed by atoms with Crippen molar-refractivity contribution in [1.29, 1.82) is 0 Å². The van der Waals surface area contributed by atoms with Crippen LogP contribution < -0.4 is 11.0 Å². The second-order valence-corrected chi connectivity index (χ2v) is 7.01. The molecule has 0 unspecified atom stereocenters. The third kappa shape index (κ3) is 5.94. The Hall–Kier alpha value is -3.16. The zero-order valence-corrected chi connectivity index (χ0v) is 15.8. The number of hydrogen-bond donors (Lipinski definition) is 3. The molecular formula is C21H19N3O3S. The molecule has 0 aliphatic heterocycles. The molecule has 0 atom stereocenters. The van der Waals surface area contributed by atoms with Gasteiger partial charge in [0.15, 0.2) is 5.16 Å². The van der Waals surface area contributed by atoms with E-state index >= 15 is 0 Å². The molecule has 0 saturated carbocycles. The van der Waals surface area contributed by atoms with Gasteiger partial charge in [-0.2, -0.15) is 0 Å². The van der Waals surface area contributed by atoms with Crippen LogP contribution in [0.15, 0.2) is 76.7 Å². The summed E-state index contributed by atoms with van der Waals surface area (Å²) in [6.45, 7) is 0. The molecule has 6 nitrogen and oxygen atoms in total. The maximum Gasteiger partial charge on any atom is 0.267 e. The summed E-state index contributed by atoms with van der Waals surface area (Å²) in [5.41, 5.74) is 5.06. The number of hydroxylamine groups is 1. The van der Waals surface area contributed by atoms with Gasteiger partial charge in [-0.1, -0.05) is 66.4 Å². The van der Waals surface area contributed by atoms with Crippen molar-refractivity contribution in [1.82, 2.24) is 15.4 Å². The minimum atomic E-state index is -0.586. The van der Waals surface area contributed by atoms with Gasteiger partial charge in [-0.15, -0.1) is 0 Å². The molecule has 0 bridgehead atoms. The summed E-state index contributed by atoms with van der Waals surface area (Å²) in [5.74, 6) is 0.0304. The number of hydrogen-bond acceptors (Lipinski definition) is 5. The topological polar surface area (TPSA) is 95.1 Å². The van der Waals surface area contributed by atoms with Gasteiger partial charge in [0.2, 0.25) is 0 Å². The molecule has 28 heavy (non-hydrogen) atoms. The molecule has 0 saturated heterocycles. The maximum absolute atomic E-state index is 12.0. The highest BCUT2D eigenvalue weighted by Gasteiger charge is 2.05. The van der Waals surface area contributed by atoms with Gasteiger partial charge in [-0.25, -0.2) is 10.5 Å². The second-order valence-electron chi connectivity index (χ2n) is 6.05. The number of rotatable bonds is 7. The van der Waals surface area contributed by atoms with Crippen LogP contribution in [0.5, 0.6) is 0 Å². The number of nitrogens with zero attached hydrogens (tertiary/aromatic N) is 1. The summed E-state index contributed by atoms with van der Waals surface area (Å²) in [4.78, 5) is 30.4. The third-order valence-electron chi connectivity index (χ3n) is 3.87. The molecule has 0 spiro atoms. The van der Waals surface area contributed by atoms with Gasteiger partial charge in [0, 0.05) is 24.3 Å². The highest BCUT2D eigenvalue weighted by atomic mass is 32.2. The summed E-state index contributed by atoms with van der Waals surface area (Å²) in [5, 5.41) is 9.09. The van der Waals surface area contributed by atoms with Crippen molar-refractivity contribution in [3.05, 3.63) is 99.5 Å². The molecule has 1 amide bonds. The molecule has 0 fully saturated rings. The monoisotopic (exact) mass is 393 g/mol. The maximum atomic E-state index is 12.0. The Morgan fingerprint density at radius 1 is 1.11 bits per heavy atom. The zero-order chi connectivity index (χ0) is 19.8. The Morgan fingerprint density at radius 2 is 1.89 bits per heavy atom. The molecule has 7 heteroatoms. The minimum Gasteiger partial charge on any atom is -0.301 e. The lowest BCUT2D eigenvalue weighted by atomic mass is 10.1. The van der Waals surface area contributed by atoms with E-state index in [9.17, 15) is 9.59 Å². The predicted molar refractivity (Wildman–Crippen MR) is 109 cm³/mol. The zero-order valence-electron chi connectivity index (χ0n) is 15.0. The number of carbonyl (C=O) groups excluding carboxylic acids is 1. The van der Waals surface area contributed by atoms with Gasteiger partial charge in [0.05, 0.1) is 5.69 Å². The summed E-state index contributed by atoms with van der Waals surface area (Å²) in [7, 11) is 0. The summed E-state index contributed by atoms with van der Waals surface area (Å²) < 4.78 is 0. The Morgan fingerprint density at radius 3 is 2.68 bits per heavy atom. The van der Waals surface area contributed by atoms with Gasteiger partial charge >= 0.3 is 0 Å². The highest BCUT2D eigenvalue weighted by molar-refractivity contribution is 7.98. The Balaban J connectivity index is 1.68. The first-order valence-corrected chi connectivity index (χ1v) is 9.59. The van der Waals surface area contributed by atoms with Crippen LogP contribution in [-0.2, 0) is 17.0 Å². The number of aromatic amines is 1. The van der Waals surface area contributed by atoms with Crippen LogP contribution in [0.2, 0.25) is 0 Å². The molecule has 2 aromatic carbocycles. The number of H-pyrrole nitrogens is 1. The quantitative estimate of drug-likeness (QED) is 0.188. The number of nitrogens with one attached hydrogen (secondary N) is 2. The lowest BCUT2D eigenvalue weighted by molar-refractivity contribution is -0.124. The number of aromatic nitrogens is 2. The van der Waals surface area contributed by atoms with Crippen LogP contribution in [-0.4, -0.2) is 21.1 Å². The van der Waals surface area contributed by atoms with Crippen molar-refractivity contribution in [3.8, 4) is 0 Å². The smallest absolute Gasteiger partial charge is 0.267 e. The fourth-order valence-electron chi connectivity index (χ4n) is 2.59. The number of thioether (sulfide) groups is 1. The molecular weight excluding hydrogens is 374 g/mol. The van der Waals surface area contributed by atoms with Crippen LogP contribution in [0.3, 0.4) is 0 Å². The molecule has 1 heterocycles. The van der Waals surface area contributed by atoms with E-state index < -0.39 is 5.91 Å². The fraction of sp³-hybridized carbons (Fsp3) is 0.0952. The van der Waals surface area contributed by atoms with E-state index in [4.69, 9.17) is 5.21 Å². The first-order chi connectivity index (χ1) is 13.6. The Kier molecular flexibility index (Phi) is 6.78. The first-order valence-electron chi connectivity index (χ1n) is 8.60. The van der Waals surface area contributed by atoms with Crippen LogP contribution in [0.1, 0.15) is 22.4 Å². The average Bonchev–Trinajstić information content (AvgIpc) is 2.71. The van der Waals surface area contributed by atoms with E-state index in [2.05, 4.69) is 9.97 Å². The SMILES string of the molecule is O=C(/C=C/c1cccc(CSc2nc(Cc3ccccc3)cc(=O)[nH]2)c1)NO. The summed E-state index contributed by atoms with van der Waals surface area (Å²) in [6.07, 6.45) is 3.46. The molecule has 0 aliphatic carbocycles. The van der Waals surface area contributed by atoms with E-state index in [0.717, 1.165) is 22.4 Å². The van der Waals surface area contributed by atoms with E-state index in [1.807, 2.05) is 54.6 Å². The van der Waals surface area contributed by atoms with Crippen LogP contribution in [0.4, 0.5) is 0 Å². The van der Waals surface area contributed by atoms with Gasteiger partial charge in [-0.05, 0) is 22.8 Å². The molecule has 0 radical (unpaired) electrons. The lowest BCUT2D eigenvalue weighted by Crippen LogP contribution is -2.14. The van der Waals surface area contributed by atoms with E-state index in [0.29, 0.717) is 17.3 Å². The van der Waals surface area contributed by atoms with Crippen molar-refractivity contribution < 1.29 is 10.0 Å². The standard InChI is InChI=1S/C21H19N3O3S/c25-19(24-27)10-9-16-7-4-8-17(11-16)14-28-21-22-18(13-20(26)23-21)12-15-5-2-1-3-6-15/h1-11,13,27H,12,14H2,(H,24,25)(H,22,23,26)/b10-9+. The summed E-state index contributed by atoms with van der Waals surface area (Å²) >= 11 is 1.44. The van der Waals surface area contributed by atoms with E-state index in [-0.39, 0.29) is 5.56 Å². The van der Waals surface area contributed by atoms with Gasteiger partial charge < -0.3 is 4.98 Å². The Labute approximate surface area is 166 Å². The first kappa shape index (κ1) is 19.6. The van der Waals surface area contributed by atoms with Gasteiger partial charge in [-0.3, -0.25) is 14.8 Å². The summed E-state index contributed by atoms with van der Waals surface area (Å²) in [6, 6.07) is 19.0. The second kappa shape index (κ2) is 9.68. The van der Waals surface area contributed by atoms with Crippen LogP contribution >= 0.6 is 11.8 Å². The molecule has 3 N–H and O–H groups in total. The molecule has 0 aliphatic rings. The molecule has 1 aromatic heterocycles. The van der Waals surface area contributed by atoms with Crippen molar-refractivity contribution in [2.75, 3.05) is 0 Å². The molecule has 3 aromatic rings. The molecule has 3 rings (SSSR count). The van der Waals surface area contributed by atoms with Gasteiger partial charge in [0.1, 0.15) is 0 Å². The van der Waals surface area contributed by atoms with Crippen molar-refractivity contribution in [3.63, 3.8) is 0 Å². The van der Waals surface area contributed by atoms with Crippen LogP contribution in [0, 0.1) is 0 Å². The highest BCUT2D eigenvalue weighted by Crippen LogP contribution is 2.20. The third-order valence-corrected chi connectivity index (χ3v) is 4.81. The normalized spacial score (nSPS) is 10.9. The number of benzene rings is 2. The van der Waals surface area contributed by atoms with E-state index in [1.165, 1.54) is 23.9 Å². The Bertz CT molecular complexity index is 1030.